The van der Waals surface area contributed by atoms with E-state index >= 15 is 0 Å². The van der Waals surface area contributed by atoms with Gasteiger partial charge in [-0.2, -0.15) is 0 Å². The van der Waals surface area contributed by atoms with E-state index in [0.29, 0.717) is 0 Å². The molecule has 1 aromatic heterocycles. The van der Waals surface area contributed by atoms with E-state index in [1.165, 1.54) is 6.92 Å². The van der Waals surface area contributed by atoms with Crippen molar-refractivity contribution in [1.82, 2.24) is 0 Å². The molecule has 0 saturated carbocycles. The van der Waals surface area contributed by atoms with Crippen LogP contribution in [-0.4, -0.2) is 23.6 Å². The van der Waals surface area contributed by atoms with Crippen molar-refractivity contribution in [3.8, 4) is 5.75 Å². The quantitative estimate of drug-likeness (QED) is 0.850. The Kier molecular flexibility index (Phi) is 4.48. The summed E-state index contributed by atoms with van der Waals surface area (Å²) in [5, 5.41) is 1.66. The number of hydrogen-bond donors (Lipinski definition) is 1. The summed E-state index contributed by atoms with van der Waals surface area (Å²) in [6.07, 6.45) is 0. The summed E-state index contributed by atoms with van der Waals surface area (Å²) < 4.78 is 10.2. The Bertz CT molecular complexity index is 445. The van der Waals surface area contributed by atoms with Crippen LogP contribution in [-0.2, 0) is 9.53 Å². The van der Waals surface area contributed by atoms with E-state index in [4.69, 9.17) is 15.2 Å². The second kappa shape index (κ2) is 5.49. The Morgan fingerprint density at radius 3 is 2.50 bits per heavy atom. The molecular weight excluding hydrogens is 254 g/mol. The van der Waals surface area contributed by atoms with Crippen LogP contribution in [0.2, 0.25) is 0 Å². The molecule has 0 radical (unpaired) electrons. The summed E-state index contributed by atoms with van der Waals surface area (Å²) in [6, 6.07) is 0.806. The van der Waals surface area contributed by atoms with E-state index in [1.54, 1.807) is 32.2 Å². The maximum Gasteiger partial charge on any atom is 0.352 e. The average molecular weight is 271 g/mol. The zero-order valence-corrected chi connectivity index (χ0v) is 11.7. The highest BCUT2D eigenvalue weighted by Gasteiger charge is 2.24. The lowest BCUT2D eigenvalue weighted by Crippen LogP contribution is -2.31. The summed E-state index contributed by atoms with van der Waals surface area (Å²) >= 11 is 1.16. The molecule has 6 heteroatoms. The number of ether oxygens (including phenoxy) is 2. The summed E-state index contributed by atoms with van der Waals surface area (Å²) in [4.78, 5) is 23.5. The third-order valence-corrected chi connectivity index (χ3v) is 2.67. The first kappa shape index (κ1) is 14.7. The van der Waals surface area contributed by atoms with Gasteiger partial charge in [0.05, 0.1) is 0 Å². The van der Waals surface area contributed by atoms with Gasteiger partial charge < -0.3 is 15.2 Å². The van der Waals surface area contributed by atoms with Crippen molar-refractivity contribution in [3.05, 3.63) is 16.3 Å². The summed E-state index contributed by atoms with van der Waals surface area (Å²) in [5.74, 6) is -0.903. The van der Waals surface area contributed by atoms with Crippen LogP contribution in [0.25, 0.3) is 0 Å². The lowest BCUT2D eigenvalue weighted by atomic mass is 10.2. The first-order chi connectivity index (χ1) is 8.20. The molecule has 100 valence electrons. The largest absolute Gasteiger partial charge is 0.456 e. The molecule has 0 aliphatic heterocycles. The molecule has 0 spiro atoms. The molecular formula is C12H17NO4S. The molecule has 0 amide bonds. The van der Waals surface area contributed by atoms with Crippen LogP contribution in [0.15, 0.2) is 11.4 Å². The molecule has 5 nitrogen and oxygen atoms in total. The average Bonchev–Trinajstić information content (AvgIpc) is 2.62. The molecule has 0 unspecified atom stereocenters. The minimum absolute atomic E-state index is 0.191. The van der Waals surface area contributed by atoms with Gasteiger partial charge in [-0.05, 0) is 39.1 Å². The fourth-order valence-corrected chi connectivity index (χ4v) is 1.74. The molecule has 1 heterocycles. The number of carbonyl (C=O) groups excluding carboxylic acids is 2. The van der Waals surface area contributed by atoms with E-state index < -0.39 is 23.6 Å². The molecule has 18 heavy (non-hydrogen) atoms. The standard InChI is InChI=1S/C12H17NO4S/c1-7(13)10(14)16-8-5-6-18-9(8)11(15)17-12(2,3)4/h5-7H,13H2,1-4H3/t7-/m0/s1. The van der Waals surface area contributed by atoms with E-state index in [9.17, 15) is 9.59 Å². The zero-order valence-electron chi connectivity index (χ0n) is 10.9. The Balaban J connectivity index is 2.83. The van der Waals surface area contributed by atoms with E-state index in [1.807, 2.05) is 0 Å². The second-order valence-corrected chi connectivity index (χ2v) is 5.74. The Hall–Kier alpha value is -1.40. The van der Waals surface area contributed by atoms with E-state index in [2.05, 4.69) is 0 Å². The van der Waals surface area contributed by atoms with Gasteiger partial charge in [-0.1, -0.05) is 0 Å². The second-order valence-electron chi connectivity index (χ2n) is 4.83. The number of hydrogen-bond acceptors (Lipinski definition) is 6. The maximum atomic E-state index is 11.9. The monoisotopic (exact) mass is 271 g/mol. The predicted octanol–water partition coefficient (Wildman–Crippen LogP) is 1.96. The van der Waals surface area contributed by atoms with Gasteiger partial charge in [-0.25, -0.2) is 9.59 Å². The van der Waals surface area contributed by atoms with Crippen molar-refractivity contribution in [2.24, 2.45) is 5.73 Å². The minimum atomic E-state index is -0.739. The summed E-state index contributed by atoms with van der Waals surface area (Å²) in [5.41, 5.74) is 4.80. The van der Waals surface area contributed by atoms with Crippen molar-refractivity contribution >= 4 is 23.3 Å². The van der Waals surface area contributed by atoms with Crippen LogP contribution in [0, 0.1) is 0 Å². The topological polar surface area (TPSA) is 78.6 Å². The van der Waals surface area contributed by atoms with Gasteiger partial charge in [0.15, 0.2) is 10.6 Å². The first-order valence-electron chi connectivity index (χ1n) is 5.49. The number of rotatable bonds is 3. The maximum absolute atomic E-state index is 11.9. The lowest BCUT2D eigenvalue weighted by molar-refractivity contribution is -0.135. The molecule has 0 aromatic carbocycles. The van der Waals surface area contributed by atoms with Gasteiger partial charge in [0.25, 0.3) is 0 Å². The molecule has 1 atom stereocenters. The fraction of sp³-hybridized carbons (Fsp3) is 0.500. The zero-order chi connectivity index (χ0) is 13.9. The molecule has 0 fully saturated rings. The molecule has 0 bridgehead atoms. The Labute approximate surface area is 110 Å². The van der Waals surface area contributed by atoms with Crippen molar-refractivity contribution < 1.29 is 19.1 Å². The highest BCUT2D eigenvalue weighted by Crippen LogP contribution is 2.27. The van der Waals surface area contributed by atoms with Crippen LogP contribution in [0.1, 0.15) is 37.4 Å². The summed E-state index contributed by atoms with van der Waals surface area (Å²) in [6.45, 7) is 6.83. The van der Waals surface area contributed by atoms with Gasteiger partial charge in [-0.3, -0.25) is 0 Å². The van der Waals surface area contributed by atoms with Crippen molar-refractivity contribution in [2.45, 2.75) is 39.3 Å². The molecule has 1 rings (SSSR count). The number of esters is 2. The van der Waals surface area contributed by atoms with Gasteiger partial charge in [0.2, 0.25) is 0 Å². The third kappa shape index (κ3) is 4.12. The summed E-state index contributed by atoms with van der Waals surface area (Å²) in [7, 11) is 0. The van der Waals surface area contributed by atoms with Crippen LogP contribution in [0.3, 0.4) is 0 Å². The predicted molar refractivity (Wildman–Crippen MR) is 68.8 cm³/mol. The van der Waals surface area contributed by atoms with Crippen LogP contribution in [0.4, 0.5) is 0 Å². The molecule has 0 aliphatic carbocycles. The van der Waals surface area contributed by atoms with E-state index in [0.717, 1.165) is 11.3 Å². The molecule has 0 saturated heterocycles. The van der Waals surface area contributed by atoms with Crippen molar-refractivity contribution in [3.63, 3.8) is 0 Å². The van der Waals surface area contributed by atoms with Gasteiger partial charge in [0, 0.05) is 0 Å². The Morgan fingerprint density at radius 1 is 1.39 bits per heavy atom. The number of carbonyl (C=O) groups is 2. The van der Waals surface area contributed by atoms with Crippen LogP contribution < -0.4 is 10.5 Å². The van der Waals surface area contributed by atoms with Gasteiger partial charge in [-0.15, -0.1) is 11.3 Å². The van der Waals surface area contributed by atoms with E-state index in [-0.39, 0.29) is 10.6 Å². The number of nitrogens with two attached hydrogens (primary N) is 1. The number of thiophene rings is 1. The van der Waals surface area contributed by atoms with Crippen LogP contribution >= 0.6 is 11.3 Å². The minimum Gasteiger partial charge on any atom is -0.456 e. The van der Waals surface area contributed by atoms with Crippen molar-refractivity contribution in [1.29, 1.82) is 0 Å². The molecule has 2 N–H and O–H groups in total. The highest BCUT2D eigenvalue weighted by atomic mass is 32.1. The lowest BCUT2D eigenvalue weighted by Gasteiger charge is -2.19. The smallest absolute Gasteiger partial charge is 0.352 e. The fourth-order valence-electron chi connectivity index (χ4n) is 1.05. The third-order valence-electron chi connectivity index (χ3n) is 1.80. The van der Waals surface area contributed by atoms with Crippen molar-refractivity contribution in [2.75, 3.05) is 0 Å². The first-order valence-corrected chi connectivity index (χ1v) is 6.37. The SMILES string of the molecule is C[C@H](N)C(=O)Oc1ccsc1C(=O)OC(C)(C)C. The van der Waals surface area contributed by atoms with Crippen LogP contribution in [0.5, 0.6) is 5.75 Å². The van der Waals surface area contributed by atoms with Gasteiger partial charge in [0.1, 0.15) is 11.6 Å². The molecule has 1 aromatic rings. The molecule has 0 aliphatic rings. The Morgan fingerprint density at radius 2 is 2.00 bits per heavy atom. The van der Waals surface area contributed by atoms with Gasteiger partial charge >= 0.3 is 11.9 Å². The highest BCUT2D eigenvalue weighted by molar-refractivity contribution is 7.12. The normalized spacial score (nSPS) is 12.9.